The summed E-state index contributed by atoms with van der Waals surface area (Å²) in [6.45, 7) is 4.32. The molecule has 0 bridgehead atoms. The van der Waals surface area contributed by atoms with Gasteiger partial charge in [0.05, 0.1) is 22.3 Å². The summed E-state index contributed by atoms with van der Waals surface area (Å²) in [5.41, 5.74) is 4.32. The molecule has 3 heterocycles. The Morgan fingerprint density at radius 3 is 2.71 bits per heavy atom. The largest absolute Gasteiger partial charge is 0.508 e. The maximum atomic E-state index is 13.9. The Kier molecular flexibility index (Phi) is 6.10. The van der Waals surface area contributed by atoms with E-state index in [0.717, 1.165) is 36.3 Å². The van der Waals surface area contributed by atoms with Crippen molar-refractivity contribution in [1.82, 2.24) is 25.4 Å². The summed E-state index contributed by atoms with van der Waals surface area (Å²) in [5, 5.41) is 21.3. The molecular formula is C27H27N5O2. The van der Waals surface area contributed by atoms with E-state index in [4.69, 9.17) is 4.98 Å². The van der Waals surface area contributed by atoms with Crippen LogP contribution in [0.15, 0.2) is 60.7 Å². The van der Waals surface area contributed by atoms with Crippen molar-refractivity contribution >= 4 is 29.1 Å². The lowest BCUT2D eigenvalue weighted by Gasteiger charge is -2.36. The minimum atomic E-state index is -0.0171. The van der Waals surface area contributed by atoms with Gasteiger partial charge in [-0.25, -0.2) is 4.98 Å². The van der Waals surface area contributed by atoms with Gasteiger partial charge in [-0.2, -0.15) is 5.10 Å². The number of carbonyl (C=O) groups excluding carboxylic acids is 1. The van der Waals surface area contributed by atoms with Gasteiger partial charge in [0.1, 0.15) is 5.75 Å². The summed E-state index contributed by atoms with van der Waals surface area (Å²) < 4.78 is 0. The predicted molar refractivity (Wildman–Crippen MR) is 134 cm³/mol. The number of nitrogens with one attached hydrogen (secondary N) is 2. The monoisotopic (exact) mass is 453 g/mol. The Morgan fingerprint density at radius 1 is 1.15 bits per heavy atom. The number of nitrogens with zero attached hydrogens (tertiary/aromatic N) is 3. The number of H-pyrrole nitrogens is 1. The molecule has 34 heavy (non-hydrogen) atoms. The van der Waals surface area contributed by atoms with E-state index in [1.807, 2.05) is 53.5 Å². The molecule has 0 radical (unpaired) electrons. The normalized spacial score (nSPS) is 16.4. The molecule has 1 amide bonds. The SMILES string of the molecule is CCC1CNCCN1C(=O)c1cc(-c2ccc(O)cc2)nc2n[nH]c(/C=C/c3ccccc3)c12. The van der Waals surface area contributed by atoms with Crippen LogP contribution in [0.4, 0.5) is 0 Å². The van der Waals surface area contributed by atoms with Crippen molar-refractivity contribution in [3.8, 4) is 17.0 Å². The minimum Gasteiger partial charge on any atom is -0.508 e. The zero-order chi connectivity index (χ0) is 23.5. The number of hydrogen-bond acceptors (Lipinski definition) is 5. The lowest BCUT2D eigenvalue weighted by atomic mass is 10.0. The highest BCUT2D eigenvalue weighted by molar-refractivity contribution is 6.09. The van der Waals surface area contributed by atoms with Crippen molar-refractivity contribution in [2.45, 2.75) is 19.4 Å². The Balaban J connectivity index is 1.64. The molecule has 0 spiro atoms. The third-order valence-corrected chi connectivity index (χ3v) is 6.27. The van der Waals surface area contributed by atoms with E-state index >= 15 is 0 Å². The van der Waals surface area contributed by atoms with E-state index in [9.17, 15) is 9.90 Å². The predicted octanol–water partition coefficient (Wildman–Crippen LogP) is 4.32. The topological polar surface area (TPSA) is 94.1 Å². The van der Waals surface area contributed by atoms with Crippen LogP contribution >= 0.6 is 0 Å². The lowest BCUT2D eigenvalue weighted by molar-refractivity contribution is 0.0633. The fourth-order valence-electron chi connectivity index (χ4n) is 4.41. The average Bonchev–Trinajstić information content (AvgIpc) is 3.30. The highest BCUT2D eigenvalue weighted by Crippen LogP contribution is 2.29. The van der Waals surface area contributed by atoms with E-state index in [2.05, 4.69) is 22.4 Å². The summed E-state index contributed by atoms with van der Waals surface area (Å²) in [7, 11) is 0. The first-order chi connectivity index (χ1) is 16.6. The molecule has 7 heteroatoms. The first-order valence-electron chi connectivity index (χ1n) is 11.6. The van der Waals surface area contributed by atoms with Crippen LogP contribution in [-0.2, 0) is 0 Å². The Morgan fingerprint density at radius 2 is 1.94 bits per heavy atom. The number of phenolic OH excluding ortho intramolecular Hbond substituents is 1. The molecule has 2 aromatic carbocycles. The van der Waals surface area contributed by atoms with Gasteiger partial charge < -0.3 is 15.3 Å². The summed E-state index contributed by atoms with van der Waals surface area (Å²) in [5.74, 6) is 0.164. The van der Waals surface area contributed by atoms with Gasteiger partial charge in [-0.05, 0) is 48.4 Å². The number of aromatic amines is 1. The van der Waals surface area contributed by atoms with Crippen LogP contribution in [0.3, 0.4) is 0 Å². The lowest BCUT2D eigenvalue weighted by Crippen LogP contribution is -2.53. The van der Waals surface area contributed by atoms with E-state index in [-0.39, 0.29) is 17.7 Å². The van der Waals surface area contributed by atoms with E-state index < -0.39 is 0 Å². The molecule has 0 aliphatic carbocycles. The van der Waals surface area contributed by atoms with Crippen molar-refractivity contribution in [2.24, 2.45) is 0 Å². The van der Waals surface area contributed by atoms with Crippen LogP contribution < -0.4 is 5.32 Å². The number of amides is 1. The molecule has 4 aromatic rings. The quantitative estimate of drug-likeness (QED) is 0.418. The number of carbonyl (C=O) groups is 1. The van der Waals surface area contributed by atoms with Gasteiger partial charge in [-0.1, -0.05) is 43.3 Å². The van der Waals surface area contributed by atoms with Crippen LogP contribution in [0.25, 0.3) is 34.4 Å². The Hall–Kier alpha value is -3.97. The van der Waals surface area contributed by atoms with Crippen molar-refractivity contribution in [3.63, 3.8) is 0 Å². The van der Waals surface area contributed by atoms with Crippen LogP contribution in [0.2, 0.25) is 0 Å². The maximum absolute atomic E-state index is 13.9. The summed E-state index contributed by atoms with van der Waals surface area (Å²) in [6.07, 6.45) is 4.82. The Bertz CT molecular complexity index is 1330. The van der Waals surface area contributed by atoms with Gasteiger partial charge >= 0.3 is 0 Å². The van der Waals surface area contributed by atoms with Crippen molar-refractivity contribution in [3.05, 3.63) is 77.5 Å². The first-order valence-corrected chi connectivity index (χ1v) is 11.6. The number of piperazine rings is 1. The van der Waals surface area contributed by atoms with Crippen LogP contribution in [0.5, 0.6) is 5.75 Å². The first kappa shape index (κ1) is 21.9. The number of pyridine rings is 1. The number of aromatic nitrogens is 3. The molecule has 1 unspecified atom stereocenters. The van der Waals surface area contributed by atoms with Crippen molar-refractivity contribution < 1.29 is 9.90 Å². The zero-order valence-corrected chi connectivity index (χ0v) is 19.0. The number of fused-ring (bicyclic) bond motifs is 1. The molecule has 1 aliphatic heterocycles. The number of phenols is 1. The number of benzene rings is 2. The molecule has 172 valence electrons. The van der Waals surface area contributed by atoms with Gasteiger partial charge in [0.2, 0.25) is 0 Å². The number of aromatic hydroxyl groups is 1. The Labute approximate surface area is 198 Å². The molecule has 7 nitrogen and oxygen atoms in total. The summed E-state index contributed by atoms with van der Waals surface area (Å²) >= 11 is 0. The highest BCUT2D eigenvalue weighted by Gasteiger charge is 2.29. The van der Waals surface area contributed by atoms with Gasteiger partial charge in [0.15, 0.2) is 5.65 Å². The second-order valence-corrected chi connectivity index (χ2v) is 8.45. The highest BCUT2D eigenvalue weighted by atomic mass is 16.3. The van der Waals surface area contributed by atoms with Crippen molar-refractivity contribution in [1.29, 1.82) is 0 Å². The number of rotatable bonds is 5. The van der Waals surface area contributed by atoms with E-state index in [1.54, 1.807) is 24.3 Å². The molecular weight excluding hydrogens is 426 g/mol. The van der Waals surface area contributed by atoms with Gasteiger partial charge in [-0.3, -0.25) is 9.89 Å². The molecule has 1 atom stereocenters. The van der Waals surface area contributed by atoms with E-state index in [0.29, 0.717) is 28.8 Å². The fourth-order valence-corrected chi connectivity index (χ4v) is 4.41. The molecule has 1 fully saturated rings. The maximum Gasteiger partial charge on any atom is 0.255 e. The molecule has 3 N–H and O–H groups in total. The minimum absolute atomic E-state index is 0.0171. The van der Waals surface area contributed by atoms with Crippen LogP contribution in [0.1, 0.15) is 35.0 Å². The molecule has 5 rings (SSSR count). The zero-order valence-electron chi connectivity index (χ0n) is 19.0. The smallest absolute Gasteiger partial charge is 0.255 e. The summed E-state index contributed by atoms with van der Waals surface area (Å²) in [6, 6.07) is 18.8. The standard InChI is InChI=1S/C27H27N5O2/c1-2-20-17-28-14-15-32(20)27(34)22-16-24(19-9-11-21(33)12-10-19)29-26-25(22)23(30-31-26)13-8-18-6-4-3-5-7-18/h3-13,16,20,28,33H,2,14-15,17H2,1H3,(H,29,30,31)/b13-8+. The summed E-state index contributed by atoms with van der Waals surface area (Å²) in [4.78, 5) is 20.6. The van der Waals surface area contributed by atoms with Gasteiger partial charge in [0, 0.05) is 31.2 Å². The molecule has 0 saturated carbocycles. The third-order valence-electron chi connectivity index (χ3n) is 6.27. The average molecular weight is 454 g/mol. The molecule has 1 aliphatic rings. The van der Waals surface area contributed by atoms with E-state index in [1.165, 1.54) is 0 Å². The second kappa shape index (κ2) is 9.49. The van der Waals surface area contributed by atoms with Crippen molar-refractivity contribution in [2.75, 3.05) is 19.6 Å². The van der Waals surface area contributed by atoms with Gasteiger partial charge in [0.25, 0.3) is 5.91 Å². The molecule has 2 aromatic heterocycles. The fraction of sp³-hybridized carbons (Fsp3) is 0.222. The number of hydrogen-bond donors (Lipinski definition) is 3. The second-order valence-electron chi connectivity index (χ2n) is 8.45. The van der Waals surface area contributed by atoms with Gasteiger partial charge in [-0.15, -0.1) is 0 Å². The molecule has 1 saturated heterocycles. The van der Waals surface area contributed by atoms with Crippen LogP contribution in [-0.4, -0.2) is 56.8 Å². The van der Waals surface area contributed by atoms with Crippen LogP contribution in [0, 0.1) is 0 Å². The third kappa shape index (κ3) is 4.30.